The van der Waals surface area contributed by atoms with Crippen LogP contribution in [0.5, 0.6) is 5.75 Å². The maximum Gasteiger partial charge on any atom is 0.240 e. The summed E-state index contributed by atoms with van der Waals surface area (Å²) in [6.45, 7) is 3.85. The van der Waals surface area contributed by atoms with Crippen molar-refractivity contribution in [2.24, 2.45) is 0 Å². The molecule has 0 fully saturated rings. The Balaban J connectivity index is 1.86. The molecule has 0 atom stereocenters. The number of aromatic nitrogens is 1. The number of nitrogens with one attached hydrogen (secondary N) is 1. The molecule has 0 spiro atoms. The highest BCUT2D eigenvalue weighted by Gasteiger charge is 2.25. The molecule has 176 valence electrons. The number of pyridine rings is 1. The van der Waals surface area contributed by atoms with E-state index in [1.165, 1.54) is 7.11 Å². The van der Waals surface area contributed by atoms with Gasteiger partial charge in [-0.1, -0.05) is 43.3 Å². The molecule has 0 unspecified atom stereocenters. The maximum atomic E-state index is 12.6. The number of amides is 1. The highest BCUT2D eigenvalue weighted by molar-refractivity contribution is 7.92. The summed E-state index contributed by atoms with van der Waals surface area (Å²) in [5, 5.41) is 5.38. The van der Waals surface area contributed by atoms with Crippen LogP contribution in [0, 0.1) is 6.92 Å². The number of hydrogen-bond acceptors (Lipinski definition) is 6. The Kier molecular flexibility index (Phi) is 6.43. The van der Waals surface area contributed by atoms with Gasteiger partial charge in [-0.2, -0.15) is 0 Å². The SMILES string of the molecule is CCCC(=O)N(c1ccc(Nc2c3ccccc3nc3c(C)cccc23)c(OC)c1)S(C)(=O)=O. The predicted octanol–water partition coefficient (Wildman–Crippen LogP) is 5.54. The van der Waals surface area contributed by atoms with Gasteiger partial charge in [-0.05, 0) is 37.1 Å². The first-order chi connectivity index (χ1) is 16.2. The van der Waals surface area contributed by atoms with Crippen molar-refractivity contribution < 1.29 is 17.9 Å². The second-order valence-electron chi connectivity index (χ2n) is 8.16. The third-order valence-electron chi connectivity index (χ3n) is 5.61. The number of nitrogens with zero attached hydrogens (tertiary/aromatic N) is 2. The van der Waals surface area contributed by atoms with Crippen molar-refractivity contribution in [1.29, 1.82) is 0 Å². The number of rotatable bonds is 7. The quantitative estimate of drug-likeness (QED) is 0.352. The molecule has 0 aliphatic heterocycles. The van der Waals surface area contributed by atoms with Crippen molar-refractivity contribution in [1.82, 2.24) is 4.98 Å². The van der Waals surface area contributed by atoms with Gasteiger partial charge >= 0.3 is 0 Å². The molecule has 4 aromatic rings. The number of benzene rings is 3. The average Bonchev–Trinajstić information content (AvgIpc) is 2.79. The fourth-order valence-corrected chi connectivity index (χ4v) is 5.03. The number of fused-ring (bicyclic) bond motifs is 2. The number of methoxy groups -OCH3 is 1. The number of sulfonamides is 1. The Morgan fingerprint density at radius 2 is 1.79 bits per heavy atom. The molecule has 0 aliphatic rings. The van der Waals surface area contributed by atoms with E-state index < -0.39 is 15.9 Å². The molecule has 1 heterocycles. The Labute approximate surface area is 199 Å². The third-order valence-corrected chi connectivity index (χ3v) is 6.69. The van der Waals surface area contributed by atoms with Crippen molar-refractivity contribution in [3.8, 4) is 5.75 Å². The van der Waals surface area contributed by atoms with Gasteiger partial charge in [0.05, 0.1) is 41.5 Å². The number of carbonyl (C=O) groups excluding carboxylic acids is 1. The number of carbonyl (C=O) groups is 1. The van der Waals surface area contributed by atoms with Crippen LogP contribution >= 0.6 is 0 Å². The van der Waals surface area contributed by atoms with E-state index in [-0.39, 0.29) is 12.1 Å². The predicted molar refractivity (Wildman–Crippen MR) is 138 cm³/mol. The number of anilines is 3. The number of hydrogen-bond donors (Lipinski definition) is 1. The van der Waals surface area contributed by atoms with Crippen LogP contribution in [-0.2, 0) is 14.8 Å². The number of para-hydroxylation sites is 2. The van der Waals surface area contributed by atoms with E-state index in [0.717, 1.165) is 43.6 Å². The zero-order valence-corrected chi connectivity index (χ0v) is 20.4. The van der Waals surface area contributed by atoms with Gasteiger partial charge in [0.25, 0.3) is 0 Å². The van der Waals surface area contributed by atoms with Crippen molar-refractivity contribution in [3.63, 3.8) is 0 Å². The largest absolute Gasteiger partial charge is 0.494 e. The van der Waals surface area contributed by atoms with Crippen LogP contribution in [0.1, 0.15) is 25.3 Å². The van der Waals surface area contributed by atoms with Crippen molar-refractivity contribution in [2.75, 3.05) is 23.0 Å². The summed E-state index contributed by atoms with van der Waals surface area (Å²) >= 11 is 0. The molecule has 0 bridgehead atoms. The monoisotopic (exact) mass is 477 g/mol. The van der Waals surface area contributed by atoms with E-state index in [1.807, 2.05) is 56.3 Å². The van der Waals surface area contributed by atoms with Crippen LogP contribution in [0.3, 0.4) is 0 Å². The second-order valence-corrected chi connectivity index (χ2v) is 9.99. The van der Waals surface area contributed by atoms with Gasteiger partial charge in [0, 0.05) is 23.3 Å². The number of ether oxygens (including phenoxy) is 1. The smallest absolute Gasteiger partial charge is 0.240 e. The standard InChI is InChI=1S/C26H27N3O4S/c1-5-9-24(30)29(34(4,31)32)18-14-15-22(23(16-18)33-3)28-26-19-11-6-7-13-21(19)27-25-17(2)10-8-12-20(25)26/h6-8,10-16H,5,9H2,1-4H3,(H,27,28). The summed E-state index contributed by atoms with van der Waals surface area (Å²) in [5.74, 6) is -0.0634. The van der Waals surface area contributed by atoms with Crippen LogP contribution in [-0.4, -0.2) is 32.7 Å². The fraction of sp³-hybridized carbons (Fsp3) is 0.231. The summed E-state index contributed by atoms with van der Waals surface area (Å²) in [5.41, 5.74) is 4.57. The second kappa shape index (κ2) is 9.30. The lowest BCUT2D eigenvalue weighted by molar-refractivity contribution is -0.117. The van der Waals surface area contributed by atoms with Crippen LogP contribution in [0.15, 0.2) is 60.7 Å². The molecular formula is C26H27N3O4S. The third kappa shape index (κ3) is 4.41. The maximum absolute atomic E-state index is 12.6. The summed E-state index contributed by atoms with van der Waals surface area (Å²) in [6, 6.07) is 18.8. The van der Waals surface area contributed by atoms with Crippen molar-refractivity contribution >= 4 is 54.8 Å². The lowest BCUT2D eigenvalue weighted by Crippen LogP contribution is -2.35. The van der Waals surface area contributed by atoms with Gasteiger partial charge in [-0.15, -0.1) is 0 Å². The van der Waals surface area contributed by atoms with Gasteiger partial charge in [0.2, 0.25) is 15.9 Å². The van der Waals surface area contributed by atoms with Crippen molar-refractivity contribution in [2.45, 2.75) is 26.7 Å². The fourth-order valence-electron chi connectivity index (χ4n) is 4.07. The molecular weight excluding hydrogens is 450 g/mol. The Morgan fingerprint density at radius 1 is 1.06 bits per heavy atom. The lowest BCUT2D eigenvalue weighted by atomic mass is 10.0. The summed E-state index contributed by atoms with van der Waals surface area (Å²) in [6.07, 6.45) is 1.70. The molecule has 34 heavy (non-hydrogen) atoms. The highest BCUT2D eigenvalue weighted by Crippen LogP contribution is 2.38. The van der Waals surface area contributed by atoms with Crippen LogP contribution < -0.4 is 14.4 Å². The lowest BCUT2D eigenvalue weighted by Gasteiger charge is -2.22. The van der Waals surface area contributed by atoms with E-state index in [1.54, 1.807) is 18.2 Å². The molecule has 0 aliphatic carbocycles. The van der Waals surface area contributed by atoms with Gasteiger partial charge < -0.3 is 10.1 Å². The average molecular weight is 478 g/mol. The van der Waals surface area contributed by atoms with E-state index in [9.17, 15) is 13.2 Å². The van der Waals surface area contributed by atoms with Crippen LogP contribution in [0.4, 0.5) is 17.1 Å². The molecule has 0 radical (unpaired) electrons. The molecule has 0 saturated heterocycles. The summed E-state index contributed by atoms with van der Waals surface area (Å²) in [4.78, 5) is 17.4. The first-order valence-electron chi connectivity index (χ1n) is 11.0. The van der Waals surface area contributed by atoms with Gasteiger partial charge in [0.1, 0.15) is 5.75 Å². The first kappa shape index (κ1) is 23.5. The molecule has 4 rings (SSSR count). The minimum absolute atomic E-state index is 0.129. The Hall–Kier alpha value is -3.65. The van der Waals surface area contributed by atoms with Gasteiger partial charge in [-0.25, -0.2) is 17.7 Å². The van der Waals surface area contributed by atoms with E-state index >= 15 is 0 Å². The Morgan fingerprint density at radius 3 is 2.50 bits per heavy atom. The van der Waals surface area contributed by atoms with Gasteiger partial charge in [0.15, 0.2) is 0 Å². The van der Waals surface area contributed by atoms with Crippen LogP contribution in [0.2, 0.25) is 0 Å². The van der Waals surface area contributed by atoms with E-state index in [4.69, 9.17) is 9.72 Å². The summed E-state index contributed by atoms with van der Waals surface area (Å²) in [7, 11) is -2.29. The van der Waals surface area contributed by atoms with Crippen LogP contribution in [0.25, 0.3) is 21.8 Å². The normalized spacial score (nSPS) is 11.5. The molecule has 1 N–H and O–H groups in total. The van der Waals surface area contributed by atoms with E-state index in [0.29, 0.717) is 17.9 Å². The molecule has 1 aromatic heterocycles. The first-order valence-corrected chi connectivity index (χ1v) is 12.9. The number of aryl methyl sites for hydroxylation is 1. The summed E-state index contributed by atoms with van der Waals surface area (Å²) < 4.78 is 31.2. The minimum atomic E-state index is -3.80. The molecule has 1 amide bonds. The van der Waals surface area contributed by atoms with Crippen molar-refractivity contribution in [3.05, 3.63) is 66.2 Å². The zero-order chi connectivity index (χ0) is 24.5. The van der Waals surface area contributed by atoms with Gasteiger partial charge in [-0.3, -0.25) is 4.79 Å². The molecule has 0 saturated carbocycles. The topological polar surface area (TPSA) is 88.6 Å². The highest BCUT2D eigenvalue weighted by atomic mass is 32.2. The zero-order valence-electron chi connectivity index (χ0n) is 19.6. The molecule has 3 aromatic carbocycles. The molecule has 8 heteroatoms. The van der Waals surface area contributed by atoms with E-state index in [2.05, 4.69) is 5.32 Å². The molecule has 7 nitrogen and oxygen atoms in total. The minimum Gasteiger partial charge on any atom is -0.494 e. The Bertz CT molecular complexity index is 1500.